The molecule has 0 aliphatic rings. The van der Waals surface area contributed by atoms with Crippen molar-refractivity contribution in [3.05, 3.63) is 65.7 Å². The lowest BCUT2D eigenvalue weighted by Gasteiger charge is -2.23. The second-order valence-electron chi connectivity index (χ2n) is 6.28. The average Bonchev–Trinajstić information content (AvgIpc) is 2.66. The van der Waals surface area contributed by atoms with Gasteiger partial charge in [0.2, 0.25) is 11.8 Å². The van der Waals surface area contributed by atoms with Gasteiger partial charge < -0.3 is 15.4 Å². The van der Waals surface area contributed by atoms with Gasteiger partial charge in [0.1, 0.15) is 5.41 Å². The average molecular weight is 354 g/mol. The van der Waals surface area contributed by atoms with E-state index in [1.807, 2.05) is 30.3 Å². The molecule has 2 N–H and O–H groups in total. The van der Waals surface area contributed by atoms with Crippen LogP contribution in [-0.2, 0) is 20.9 Å². The molecule has 0 aliphatic carbocycles. The minimum absolute atomic E-state index is 0.226. The Labute approximate surface area is 152 Å². The summed E-state index contributed by atoms with van der Waals surface area (Å²) in [6.45, 7) is 3.39. The molecule has 2 amide bonds. The van der Waals surface area contributed by atoms with E-state index in [4.69, 9.17) is 4.74 Å². The summed E-state index contributed by atoms with van der Waals surface area (Å²) in [5, 5.41) is 5.41. The quantitative estimate of drug-likeness (QED) is 0.617. The molecule has 136 valence electrons. The fourth-order valence-electron chi connectivity index (χ4n) is 2.26. The number of nitrogens with one attached hydrogen (secondary N) is 2. The van der Waals surface area contributed by atoms with Crippen LogP contribution >= 0.6 is 0 Å². The topological polar surface area (TPSA) is 84.5 Å². The van der Waals surface area contributed by atoms with Crippen LogP contribution < -0.4 is 10.6 Å². The zero-order chi connectivity index (χ0) is 19.2. The van der Waals surface area contributed by atoms with Crippen LogP contribution in [0, 0.1) is 5.41 Å². The number of hydrogen-bond acceptors (Lipinski definition) is 4. The molecule has 2 aromatic carbocycles. The third kappa shape index (κ3) is 4.47. The van der Waals surface area contributed by atoms with E-state index in [1.54, 1.807) is 24.3 Å². The minimum atomic E-state index is -1.32. The molecule has 0 unspecified atom stereocenters. The molecule has 0 heterocycles. The van der Waals surface area contributed by atoms with Gasteiger partial charge in [0, 0.05) is 6.54 Å². The van der Waals surface area contributed by atoms with E-state index in [2.05, 4.69) is 10.6 Å². The van der Waals surface area contributed by atoms with Crippen LogP contribution in [0.4, 0.5) is 5.69 Å². The molecule has 6 heteroatoms. The van der Waals surface area contributed by atoms with Crippen LogP contribution in [0.25, 0.3) is 0 Å². The lowest BCUT2D eigenvalue weighted by Crippen LogP contribution is -2.45. The van der Waals surface area contributed by atoms with Gasteiger partial charge in [-0.05, 0) is 31.5 Å². The third-order valence-corrected chi connectivity index (χ3v) is 4.01. The molecule has 0 bridgehead atoms. The van der Waals surface area contributed by atoms with Gasteiger partial charge >= 0.3 is 5.97 Å². The van der Waals surface area contributed by atoms with Crippen LogP contribution in [0.3, 0.4) is 0 Å². The van der Waals surface area contributed by atoms with Crippen molar-refractivity contribution in [1.29, 1.82) is 0 Å². The Morgan fingerprint density at radius 3 is 2.19 bits per heavy atom. The molecular formula is C20H22N2O4. The van der Waals surface area contributed by atoms with Gasteiger partial charge in [0.25, 0.3) is 0 Å². The number of benzene rings is 2. The van der Waals surface area contributed by atoms with Crippen molar-refractivity contribution in [3.63, 3.8) is 0 Å². The molecule has 2 aromatic rings. The summed E-state index contributed by atoms with van der Waals surface area (Å²) < 4.78 is 4.71. The van der Waals surface area contributed by atoms with Gasteiger partial charge in [-0.3, -0.25) is 9.59 Å². The summed E-state index contributed by atoms with van der Waals surface area (Å²) >= 11 is 0. The number of anilines is 1. The molecule has 0 aliphatic heterocycles. The molecule has 0 aromatic heterocycles. The summed E-state index contributed by atoms with van der Waals surface area (Å²) in [6, 6.07) is 15.9. The van der Waals surface area contributed by atoms with Crippen LogP contribution in [-0.4, -0.2) is 24.9 Å². The maximum atomic E-state index is 12.6. The van der Waals surface area contributed by atoms with Gasteiger partial charge in [0.05, 0.1) is 18.4 Å². The number of hydrogen-bond donors (Lipinski definition) is 2. The second-order valence-corrected chi connectivity index (χ2v) is 6.28. The number of carbonyl (C=O) groups excluding carboxylic acids is 3. The number of rotatable bonds is 6. The van der Waals surface area contributed by atoms with Gasteiger partial charge in [-0.15, -0.1) is 0 Å². The SMILES string of the molecule is COC(=O)c1ccccc1NC(=O)C(C)(C)C(=O)NCc1ccccc1. The Bertz CT molecular complexity index is 800. The van der Waals surface area contributed by atoms with Crippen molar-refractivity contribution in [2.45, 2.75) is 20.4 Å². The number of para-hydroxylation sites is 1. The first-order valence-electron chi connectivity index (χ1n) is 8.17. The fraction of sp³-hybridized carbons (Fsp3) is 0.250. The Hall–Kier alpha value is -3.15. The van der Waals surface area contributed by atoms with Crippen molar-refractivity contribution >= 4 is 23.5 Å². The van der Waals surface area contributed by atoms with Gasteiger partial charge in [-0.25, -0.2) is 4.79 Å². The summed E-state index contributed by atoms with van der Waals surface area (Å²) in [4.78, 5) is 36.9. The van der Waals surface area contributed by atoms with Crippen molar-refractivity contribution in [2.24, 2.45) is 5.41 Å². The van der Waals surface area contributed by atoms with E-state index in [0.717, 1.165) is 5.56 Å². The Morgan fingerprint density at radius 2 is 1.54 bits per heavy atom. The predicted molar refractivity (Wildman–Crippen MR) is 98.5 cm³/mol. The summed E-state index contributed by atoms with van der Waals surface area (Å²) in [7, 11) is 1.27. The third-order valence-electron chi connectivity index (χ3n) is 4.01. The molecule has 0 radical (unpaired) electrons. The molecule has 0 fully saturated rings. The fourth-order valence-corrected chi connectivity index (χ4v) is 2.26. The molecule has 26 heavy (non-hydrogen) atoms. The summed E-state index contributed by atoms with van der Waals surface area (Å²) in [5.74, 6) is -1.49. The number of ether oxygens (including phenoxy) is 1. The van der Waals surface area contributed by atoms with E-state index in [9.17, 15) is 14.4 Å². The van der Waals surface area contributed by atoms with E-state index in [1.165, 1.54) is 21.0 Å². The highest BCUT2D eigenvalue weighted by molar-refractivity contribution is 6.11. The van der Waals surface area contributed by atoms with E-state index in [-0.39, 0.29) is 5.56 Å². The lowest BCUT2D eigenvalue weighted by atomic mass is 9.90. The Kier molecular flexibility index (Phi) is 6.11. The van der Waals surface area contributed by atoms with Crippen molar-refractivity contribution < 1.29 is 19.1 Å². The Balaban J connectivity index is 2.08. The molecule has 0 saturated carbocycles. The van der Waals surface area contributed by atoms with Crippen molar-refractivity contribution in [1.82, 2.24) is 5.32 Å². The zero-order valence-electron chi connectivity index (χ0n) is 15.0. The van der Waals surface area contributed by atoms with Crippen LogP contribution in [0.15, 0.2) is 54.6 Å². The Morgan fingerprint density at radius 1 is 0.923 bits per heavy atom. The maximum absolute atomic E-state index is 12.6. The highest BCUT2D eigenvalue weighted by Gasteiger charge is 2.36. The number of carbonyl (C=O) groups is 3. The maximum Gasteiger partial charge on any atom is 0.339 e. The first kappa shape index (κ1) is 19.2. The van der Waals surface area contributed by atoms with Crippen LogP contribution in [0.5, 0.6) is 0 Å². The van der Waals surface area contributed by atoms with Crippen molar-refractivity contribution in [2.75, 3.05) is 12.4 Å². The first-order valence-corrected chi connectivity index (χ1v) is 8.17. The molecule has 6 nitrogen and oxygen atoms in total. The standard InChI is InChI=1S/C20H22N2O4/c1-20(2,18(24)21-13-14-9-5-4-6-10-14)19(25)22-16-12-8-7-11-15(16)17(23)26-3/h4-12H,13H2,1-3H3,(H,21,24)(H,22,25). The highest BCUT2D eigenvalue weighted by atomic mass is 16.5. The van der Waals surface area contributed by atoms with E-state index in [0.29, 0.717) is 12.2 Å². The second kappa shape index (κ2) is 8.29. The van der Waals surface area contributed by atoms with Crippen LogP contribution in [0.1, 0.15) is 29.8 Å². The summed E-state index contributed by atoms with van der Waals surface area (Å²) in [5.41, 5.74) is 0.142. The van der Waals surface area contributed by atoms with E-state index >= 15 is 0 Å². The van der Waals surface area contributed by atoms with Gasteiger partial charge in [0.15, 0.2) is 0 Å². The summed E-state index contributed by atoms with van der Waals surface area (Å²) in [6.07, 6.45) is 0. The molecule has 0 atom stereocenters. The van der Waals surface area contributed by atoms with Crippen molar-refractivity contribution in [3.8, 4) is 0 Å². The molecule has 0 saturated heterocycles. The minimum Gasteiger partial charge on any atom is -0.465 e. The first-order chi connectivity index (χ1) is 12.4. The number of amides is 2. The molecular weight excluding hydrogens is 332 g/mol. The van der Waals surface area contributed by atoms with Crippen LogP contribution in [0.2, 0.25) is 0 Å². The smallest absolute Gasteiger partial charge is 0.339 e. The van der Waals surface area contributed by atoms with E-state index < -0.39 is 23.2 Å². The lowest BCUT2D eigenvalue weighted by molar-refractivity contribution is -0.138. The van der Waals surface area contributed by atoms with Gasteiger partial charge in [-0.1, -0.05) is 42.5 Å². The number of methoxy groups -OCH3 is 1. The highest BCUT2D eigenvalue weighted by Crippen LogP contribution is 2.22. The number of esters is 1. The van der Waals surface area contributed by atoms with Gasteiger partial charge in [-0.2, -0.15) is 0 Å². The molecule has 2 rings (SSSR count). The normalized spacial score (nSPS) is 10.7. The monoisotopic (exact) mass is 354 g/mol. The zero-order valence-corrected chi connectivity index (χ0v) is 15.0. The molecule has 0 spiro atoms. The predicted octanol–water partition coefficient (Wildman–Crippen LogP) is 2.75. The largest absolute Gasteiger partial charge is 0.465 e.